The molecule has 0 aliphatic carbocycles. The molecule has 6 nitrogen and oxygen atoms in total. The number of rotatable bonds is 5. The lowest BCUT2D eigenvalue weighted by molar-refractivity contribution is 0.415. The molecule has 6 heteroatoms. The highest BCUT2D eigenvalue weighted by Crippen LogP contribution is 2.40. The Labute approximate surface area is 265 Å². The van der Waals surface area contributed by atoms with Gasteiger partial charge in [-0.2, -0.15) is 5.26 Å². The fourth-order valence-corrected chi connectivity index (χ4v) is 6.69. The van der Waals surface area contributed by atoms with E-state index in [0.29, 0.717) is 22.4 Å². The van der Waals surface area contributed by atoms with Gasteiger partial charge in [0.1, 0.15) is 11.5 Å². The van der Waals surface area contributed by atoms with Gasteiger partial charge in [0.15, 0.2) is 5.69 Å². The fraction of sp³-hybridized carbons (Fsp3) is 0.0500. The first kappa shape index (κ1) is 27.1. The summed E-state index contributed by atoms with van der Waals surface area (Å²) in [6.45, 7) is 8.15. The van der Waals surface area contributed by atoms with E-state index in [1.165, 1.54) is 0 Å². The third-order valence-electron chi connectivity index (χ3n) is 8.79. The molecule has 0 aliphatic rings. The average molecular weight is 595 g/mol. The molecule has 218 valence electrons. The molecule has 2 aromatic heterocycles. The summed E-state index contributed by atoms with van der Waals surface area (Å²) in [7, 11) is 3.32. The lowest BCUT2D eigenvalue weighted by atomic mass is 9.97. The van der Waals surface area contributed by atoms with Crippen LogP contribution in [0.15, 0.2) is 121 Å². The summed E-state index contributed by atoms with van der Waals surface area (Å²) in [5.41, 5.74) is 8.18. The van der Waals surface area contributed by atoms with Crippen LogP contribution >= 0.6 is 0 Å². The molecule has 6 aromatic carbocycles. The third kappa shape index (κ3) is 4.02. The summed E-state index contributed by atoms with van der Waals surface area (Å²) < 4.78 is 15.4. The van der Waals surface area contributed by atoms with Gasteiger partial charge in [0.25, 0.3) is 0 Å². The predicted octanol–water partition coefficient (Wildman–Crippen LogP) is 9.99. The Hall–Kier alpha value is -6.50. The van der Waals surface area contributed by atoms with Crippen LogP contribution in [-0.4, -0.2) is 23.4 Å². The van der Waals surface area contributed by atoms with E-state index in [1.54, 1.807) is 14.2 Å². The molecule has 8 rings (SSSR count). The lowest BCUT2D eigenvalue weighted by Crippen LogP contribution is -1.97. The first-order valence-corrected chi connectivity index (χ1v) is 14.8. The van der Waals surface area contributed by atoms with Gasteiger partial charge in [-0.25, -0.2) is 4.85 Å². The standard InChI is InChI=1S/C40H26N4O2/c1-42-36-21-27(44-38-11-7-5-9-33(38)35-19-15-29(46-3)23-40(35)44)13-17-31(36)30-16-12-26(20-25(30)24-41)43-37-10-6-4-8-32(37)34-18-14-28(45-2)22-39(34)43/h4-23H,2-3H3. The van der Waals surface area contributed by atoms with Crippen molar-refractivity contribution in [2.45, 2.75) is 0 Å². The average Bonchev–Trinajstić information content (AvgIpc) is 3.63. The number of hydrogen-bond acceptors (Lipinski definition) is 3. The molecular formula is C40H26N4O2. The van der Waals surface area contributed by atoms with Gasteiger partial charge in [-0.15, -0.1) is 0 Å². The minimum absolute atomic E-state index is 0.470. The summed E-state index contributed by atoms with van der Waals surface area (Å²) in [5, 5.41) is 14.8. The molecule has 0 saturated carbocycles. The normalized spacial score (nSPS) is 11.2. The molecule has 0 atom stereocenters. The van der Waals surface area contributed by atoms with Gasteiger partial charge in [-0.05, 0) is 71.8 Å². The van der Waals surface area contributed by atoms with Gasteiger partial charge in [0.05, 0.1) is 54.5 Å². The molecule has 46 heavy (non-hydrogen) atoms. The fourth-order valence-electron chi connectivity index (χ4n) is 6.69. The van der Waals surface area contributed by atoms with Crippen LogP contribution in [0, 0.1) is 17.9 Å². The van der Waals surface area contributed by atoms with E-state index in [1.807, 2.05) is 84.9 Å². The summed E-state index contributed by atoms with van der Waals surface area (Å²) >= 11 is 0. The van der Waals surface area contributed by atoms with Crippen molar-refractivity contribution in [3.8, 4) is 40.1 Å². The molecule has 0 radical (unpaired) electrons. The van der Waals surface area contributed by atoms with Gasteiger partial charge >= 0.3 is 0 Å². The number of methoxy groups -OCH3 is 2. The maximum Gasteiger partial charge on any atom is 0.197 e. The van der Waals surface area contributed by atoms with Crippen molar-refractivity contribution in [3.05, 3.63) is 138 Å². The van der Waals surface area contributed by atoms with Gasteiger partial charge in [0, 0.05) is 45.1 Å². The number of ether oxygens (including phenoxy) is 2. The first-order chi connectivity index (χ1) is 22.6. The molecule has 0 aliphatic heterocycles. The van der Waals surface area contributed by atoms with Gasteiger partial charge in [-0.1, -0.05) is 48.5 Å². The predicted molar refractivity (Wildman–Crippen MR) is 185 cm³/mol. The Kier molecular flexibility index (Phi) is 6.23. The van der Waals surface area contributed by atoms with Crippen molar-refractivity contribution < 1.29 is 9.47 Å². The van der Waals surface area contributed by atoms with E-state index in [-0.39, 0.29) is 0 Å². The van der Waals surface area contributed by atoms with Crippen LogP contribution in [0.3, 0.4) is 0 Å². The molecular weight excluding hydrogens is 568 g/mol. The number of hydrogen-bond donors (Lipinski definition) is 0. The molecule has 8 aromatic rings. The largest absolute Gasteiger partial charge is 0.497 e. The Morgan fingerprint density at radius 3 is 1.59 bits per heavy atom. The summed E-state index contributed by atoms with van der Waals surface area (Å²) in [4.78, 5) is 3.94. The van der Waals surface area contributed by atoms with E-state index < -0.39 is 0 Å². The summed E-state index contributed by atoms with van der Waals surface area (Å²) in [5.74, 6) is 1.52. The lowest BCUT2D eigenvalue weighted by Gasteiger charge is -2.14. The van der Waals surface area contributed by atoms with E-state index in [0.717, 1.165) is 66.5 Å². The Morgan fingerprint density at radius 1 is 0.565 bits per heavy atom. The maximum absolute atomic E-state index is 10.4. The molecule has 0 fully saturated rings. The highest BCUT2D eigenvalue weighted by molar-refractivity contribution is 6.10. The van der Waals surface area contributed by atoms with Crippen molar-refractivity contribution in [3.63, 3.8) is 0 Å². The molecule has 0 bridgehead atoms. The molecule has 0 unspecified atom stereocenters. The van der Waals surface area contributed by atoms with Crippen molar-refractivity contribution >= 4 is 49.3 Å². The Morgan fingerprint density at radius 2 is 1.07 bits per heavy atom. The third-order valence-corrected chi connectivity index (χ3v) is 8.79. The minimum Gasteiger partial charge on any atom is -0.497 e. The zero-order valence-corrected chi connectivity index (χ0v) is 25.2. The van der Waals surface area contributed by atoms with E-state index in [2.05, 4.69) is 56.4 Å². The SMILES string of the molecule is [C-]#[N+]c1cc(-n2c3ccccc3c3ccc(OC)cc32)ccc1-c1ccc(-n2c3ccccc3c3ccc(OC)cc32)cc1C#N. The van der Waals surface area contributed by atoms with Crippen LogP contribution in [-0.2, 0) is 0 Å². The van der Waals surface area contributed by atoms with Gasteiger partial charge in [0.2, 0.25) is 0 Å². The monoisotopic (exact) mass is 594 g/mol. The van der Waals surface area contributed by atoms with Crippen molar-refractivity contribution in [1.82, 2.24) is 9.13 Å². The Bertz CT molecular complexity index is 2410. The van der Waals surface area contributed by atoms with Crippen molar-refractivity contribution in [1.29, 1.82) is 5.26 Å². The quantitative estimate of drug-likeness (QED) is 0.186. The summed E-state index contributed by atoms with van der Waals surface area (Å²) in [6.07, 6.45) is 0. The van der Waals surface area contributed by atoms with Crippen molar-refractivity contribution in [2.24, 2.45) is 0 Å². The van der Waals surface area contributed by atoms with Crippen LogP contribution in [0.4, 0.5) is 5.69 Å². The van der Waals surface area contributed by atoms with E-state index >= 15 is 0 Å². The second-order valence-electron chi connectivity index (χ2n) is 11.1. The van der Waals surface area contributed by atoms with Crippen molar-refractivity contribution in [2.75, 3.05) is 14.2 Å². The minimum atomic E-state index is 0.470. The van der Waals surface area contributed by atoms with Gasteiger partial charge < -0.3 is 18.6 Å². The zero-order chi connectivity index (χ0) is 31.4. The smallest absolute Gasteiger partial charge is 0.197 e. The second-order valence-corrected chi connectivity index (χ2v) is 11.1. The molecule has 0 N–H and O–H groups in total. The van der Waals surface area contributed by atoms with Crippen LogP contribution in [0.1, 0.15) is 5.56 Å². The second kappa shape index (κ2) is 10.6. The number of para-hydroxylation sites is 2. The molecule has 0 saturated heterocycles. The molecule has 0 spiro atoms. The highest BCUT2D eigenvalue weighted by Gasteiger charge is 2.18. The number of nitriles is 1. The number of nitrogens with zero attached hydrogens (tertiary/aromatic N) is 4. The highest BCUT2D eigenvalue weighted by atomic mass is 16.5. The van der Waals surface area contributed by atoms with Crippen LogP contribution in [0.5, 0.6) is 11.5 Å². The van der Waals surface area contributed by atoms with Crippen LogP contribution in [0.25, 0.3) is 71.0 Å². The van der Waals surface area contributed by atoms with Gasteiger partial charge in [-0.3, -0.25) is 0 Å². The van der Waals surface area contributed by atoms with E-state index in [4.69, 9.17) is 16.0 Å². The zero-order valence-electron chi connectivity index (χ0n) is 25.2. The first-order valence-electron chi connectivity index (χ1n) is 14.8. The van der Waals surface area contributed by atoms with Crippen LogP contribution < -0.4 is 9.47 Å². The number of benzene rings is 6. The molecule has 0 amide bonds. The van der Waals surface area contributed by atoms with Crippen LogP contribution in [0.2, 0.25) is 0 Å². The number of aromatic nitrogens is 2. The number of fused-ring (bicyclic) bond motifs is 6. The topological polar surface area (TPSA) is 56.5 Å². The Balaban J connectivity index is 1.29. The summed E-state index contributed by atoms with van der Waals surface area (Å²) in [6, 6.07) is 42.8. The van der Waals surface area contributed by atoms with E-state index in [9.17, 15) is 5.26 Å². The molecule has 2 heterocycles. The maximum atomic E-state index is 10.4.